The summed E-state index contributed by atoms with van der Waals surface area (Å²) in [5.41, 5.74) is 2.79. The van der Waals surface area contributed by atoms with E-state index >= 15 is 0 Å². The van der Waals surface area contributed by atoms with E-state index in [0.717, 1.165) is 14.3 Å². The summed E-state index contributed by atoms with van der Waals surface area (Å²) < 4.78 is 34.3. The zero-order valence-electron chi connectivity index (χ0n) is 17.2. The molecular weight excluding hydrogens is 537 g/mol. The monoisotopic (exact) mass is 561 g/mol. The molecule has 0 aliphatic heterocycles. The Morgan fingerprint density at radius 2 is 1.87 bits per heavy atom. The number of ether oxygens (including phenoxy) is 1. The molecule has 8 heteroatoms. The van der Waals surface area contributed by atoms with Gasteiger partial charge >= 0.3 is 6.09 Å². The second-order valence-corrected chi connectivity index (χ2v) is 11.3. The molecular formula is C22H25ClINO4S. The fourth-order valence-electron chi connectivity index (χ4n) is 3.66. The maximum Gasteiger partial charge on any atom is 0.424 e. The first kappa shape index (κ1) is 23.3. The molecule has 3 rings (SSSR count). The number of halogens is 2. The van der Waals surface area contributed by atoms with Crippen molar-refractivity contribution in [3.8, 4) is 0 Å². The van der Waals surface area contributed by atoms with Gasteiger partial charge in [-0.3, -0.25) is 0 Å². The van der Waals surface area contributed by atoms with Crippen LogP contribution in [-0.4, -0.2) is 30.5 Å². The summed E-state index contributed by atoms with van der Waals surface area (Å²) in [6.45, 7) is 5.17. The number of rotatable bonds is 4. The van der Waals surface area contributed by atoms with Gasteiger partial charge in [-0.05, 0) is 81.0 Å². The summed E-state index contributed by atoms with van der Waals surface area (Å²) in [5.74, 6) is 0. The van der Waals surface area contributed by atoms with E-state index < -0.39 is 27.8 Å². The van der Waals surface area contributed by atoms with Crippen molar-refractivity contribution >= 4 is 50.3 Å². The van der Waals surface area contributed by atoms with Crippen LogP contribution in [0.1, 0.15) is 43.9 Å². The molecule has 1 atom stereocenters. The second kappa shape index (κ2) is 9.04. The van der Waals surface area contributed by atoms with Gasteiger partial charge < -0.3 is 4.74 Å². The number of alkyl halides is 1. The fourth-order valence-corrected chi connectivity index (χ4v) is 6.02. The number of hydrogen-bond acceptors (Lipinski definition) is 4. The smallest absolute Gasteiger partial charge is 0.424 e. The third kappa shape index (κ3) is 5.11. The SMILES string of the molecule is CC(C)(C)OC(=O)N(C1CCc2c(CI)cccc2C1)S(=O)(=O)c1ccc(Cl)cc1. The first-order valence-electron chi connectivity index (χ1n) is 9.71. The molecule has 0 spiro atoms. The van der Waals surface area contributed by atoms with Crippen molar-refractivity contribution in [2.24, 2.45) is 0 Å². The summed E-state index contributed by atoms with van der Waals surface area (Å²) in [6, 6.07) is 11.4. The maximum absolute atomic E-state index is 13.5. The molecule has 0 N–H and O–H groups in total. The van der Waals surface area contributed by atoms with Crippen LogP contribution in [0.2, 0.25) is 5.02 Å². The Labute approximate surface area is 196 Å². The van der Waals surface area contributed by atoms with Gasteiger partial charge in [0.05, 0.1) is 10.9 Å². The lowest BCUT2D eigenvalue weighted by Crippen LogP contribution is -2.49. The third-order valence-corrected chi connectivity index (χ3v) is 7.88. The molecule has 0 saturated carbocycles. The van der Waals surface area contributed by atoms with Crippen LogP contribution < -0.4 is 0 Å². The van der Waals surface area contributed by atoms with Crippen molar-refractivity contribution in [3.05, 3.63) is 64.2 Å². The Bertz CT molecular complexity index is 1030. The van der Waals surface area contributed by atoms with Crippen molar-refractivity contribution in [2.75, 3.05) is 0 Å². The van der Waals surface area contributed by atoms with Crippen molar-refractivity contribution in [3.63, 3.8) is 0 Å². The standard InChI is InChI=1S/C22H25ClINO4S/c1-22(2,3)29-21(26)25(30(27,28)19-10-7-17(23)8-11-19)18-9-12-20-15(13-18)5-4-6-16(20)14-24/h4-8,10-11,18H,9,12-14H2,1-3H3. The van der Waals surface area contributed by atoms with Crippen molar-refractivity contribution in [1.82, 2.24) is 4.31 Å². The Hall–Kier alpha value is -1.32. The Morgan fingerprint density at radius 1 is 1.20 bits per heavy atom. The highest BCUT2D eigenvalue weighted by atomic mass is 127. The first-order valence-corrected chi connectivity index (χ1v) is 13.1. The van der Waals surface area contributed by atoms with Crippen LogP contribution >= 0.6 is 34.2 Å². The molecule has 162 valence electrons. The number of amides is 1. The quantitative estimate of drug-likeness (QED) is 0.352. The van der Waals surface area contributed by atoms with Crippen molar-refractivity contribution in [2.45, 2.75) is 61.0 Å². The zero-order valence-corrected chi connectivity index (χ0v) is 20.9. The lowest BCUT2D eigenvalue weighted by Gasteiger charge is -2.35. The van der Waals surface area contributed by atoms with Gasteiger partial charge in [-0.2, -0.15) is 4.31 Å². The van der Waals surface area contributed by atoms with Crippen LogP contribution in [0.3, 0.4) is 0 Å². The fraction of sp³-hybridized carbons (Fsp3) is 0.409. The first-order chi connectivity index (χ1) is 14.0. The summed E-state index contributed by atoms with van der Waals surface area (Å²) in [6.07, 6.45) is 0.878. The highest BCUT2D eigenvalue weighted by Crippen LogP contribution is 2.32. The van der Waals surface area contributed by atoms with Crippen LogP contribution in [0.25, 0.3) is 0 Å². The third-order valence-electron chi connectivity index (χ3n) is 4.97. The van der Waals surface area contributed by atoms with Gasteiger partial charge in [0.2, 0.25) is 0 Å². The molecule has 0 bridgehead atoms. The number of hydrogen-bond donors (Lipinski definition) is 0. The lowest BCUT2D eigenvalue weighted by atomic mass is 9.86. The molecule has 0 fully saturated rings. The van der Waals surface area contributed by atoms with E-state index in [1.165, 1.54) is 35.4 Å². The Balaban J connectivity index is 2.02. The highest BCUT2D eigenvalue weighted by Gasteiger charge is 2.40. The molecule has 0 radical (unpaired) electrons. The number of benzene rings is 2. The van der Waals surface area contributed by atoms with E-state index in [-0.39, 0.29) is 4.90 Å². The molecule has 1 amide bonds. The molecule has 2 aromatic rings. The number of carbonyl (C=O) groups excluding carboxylic acids is 1. The Morgan fingerprint density at radius 3 is 2.47 bits per heavy atom. The van der Waals surface area contributed by atoms with E-state index in [2.05, 4.69) is 28.7 Å². The van der Waals surface area contributed by atoms with E-state index in [1.807, 2.05) is 12.1 Å². The topological polar surface area (TPSA) is 63.7 Å². The van der Waals surface area contributed by atoms with Gasteiger partial charge in [-0.1, -0.05) is 52.4 Å². The van der Waals surface area contributed by atoms with Crippen LogP contribution in [0.4, 0.5) is 4.79 Å². The average Bonchev–Trinajstić information content (AvgIpc) is 2.66. The number of carbonyl (C=O) groups is 1. The van der Waals surface area contributed by atoms with Gasteiger partial charge in [-0.25, -0.2) is 13.2 Å². The van der Waals surface area contributed by atoms with Crippen molar-refractivity contribution in [1.29, 1.82) is 0 Å². The molecule has 0 saturated heterocycles. The second-order valence-electron chi connectivity index (χ2n) is 8.32. The predicted molar refractivity (Wildman–Crippen MR) is 127 cm³/mol. The highest BCUT2D eigenvalue weighted by molar-refractivity contribution is 14.1. The zero-order chi connectivity index (χ0) is 22.1. The summed E-state index contributed by atoms with van der Waals surface area (Å²) in [7, 11) is -4.11. The molecule has 30 heavy (non-hydrogen) atoms. The maximum atomic E-state index is 13.5. The van der Waals surface area contributed by atoms with E-state index in [0.29, 0.717) is 24.3 Å². The molecule has 1 aliphatic carbocycles. The van der Waals surface area contributed by atoms with Gasteiger partial charge in [0, 0.05) is 9.45 Å². The minimum atomic E-state index is -4.11. The number of nitrogens with zero attached hydrogens (tertiary/aromatic N) is 1. The number of sulfonamides is 1. The Kier molecular flexibility index (Phi) is 7.04. The van der Waals surface area contributed by atoms with Gasteiger partial charge in [0.25, 0.3) is 10.0 Å². The summed E-state index contributed by atoms with van der Waals surface area (Å²) in [4.78, 5) is 13.1. The molecule has 1 aliphatic rings. The minimum Gasteiger partial charge on any atom is -0.443 e. The van der Waals surface area contributed by atoms with Gasteiger partial charge in [0.15, 0.2) is 0 Å². The predicted octanol–water partition coefficient (Wildman–Crippen LogP) is 5.76. The minimum absolute atomic E-state index is 0.0181. The molecule has 1 unspecified atom stereocenters. The van der Waals surface area contributed by atoms with Gasteiger partial charge in [0.1, 0.15) is 5.60 Å². The van der Waals surface area contributed by atoms with E-state index in [9.17, 15) is 13.2 Å². The van der Waals surface area contributed by atoms with Crippen LogP contribution in [0, 0.1) is 0 Å². The molecule has 0 aromatic heterocycles. The average molecular weight is 562 g/mol. The largest absolute Gasteiger partial charge is 0.443 e. The number of fused-ring (bicyclic) bond motifs is 1. The van der Waals surface area contributed by atoms with E-state index in [1.54, 1.807) is 20.8 Å². The molecule has 0 heterocycles. The molecule has 2 aromatic carbocycles. The van der Waals surface area contributed by atoms with E-state index in [4.69, 9.17) is 16.3 Å². The van der Waals surface area contributed by atoms with Gasteiger partial charge in [-0.15, -0.1) is 0 Å². The lowest BCUT2D eigenvalue weighted by molar-refractivity contribution is 0.0329. The normalized spacial score (nSPS) is 16.6. The van der Waals surface area contributed by atoms with Crippen LogP contribution in [0.15, 0.2) is 47.4 Å². The summed E-state index contributed by atoms with van der Waals surface area (Å²) in [5, 5.41) is 0.427. The molecule has 5 nitrogen and oxygen atoms in total. The van der Waals surface area contributed by atoms with Crippen LogP contribution in [-0.2, 0) is 32.0 Å². The van der Waals surface area contributed by atoms with Crippen molar-refractivity contribution < 1.29 is 17.9 Å². The summed E-state index contributed by atoms with van der Waals surface area (Å²) >= 11 is 8.26. The van der Waals surface area contributed by atoms with Crippen LogP contribution in [0.5, 0.6) is 0 Å².